The normalized spacial score (nSPS) is 21.8. The van der Waals surface area contributed by atoms with Crippen LogP contribution in [0.15, 0.2) is 30.3 Å². The molecule has 2 rings (SSSR count). The fourth-order valence-electron chi connectivity index (χ4n) is 1.49. The second-order valence-electron chi connectivity index (χ2n) is 3.11. The summed E-state index contributed by atoms with van der Waals surface area (Å²) >= 11 is 0. The molecule has 3 nitrogen and oxygen atoms in total. The second-order valence-corrected chi connectivity index (χ2v) is 3.11. The Morgan fingerprint density at radius 2 is 2.08 bits per heavy atom. The molecular weight excluding hydrogens is 166 g/mol. The minimum Gasteiger partial charge on any atom is -0.447 e. The fraction of sp³-hybridized carbons (Fsp3) is 0.300. The van der Waals surface area contributed by atoms with E-state index in [0.29, 0.717) is 6.61 Å². The molecule has 0 aromatic heterocycles. The van der Waals surface area contributed by atoms with Gasteiger partial charge in [-0.25, -0.2) is 4.79 Å². The molecule has 0 saturated carbocycles. The van der Waals surface area contributed by atoms with Gasteiger partial charge in [0.15, 0.2) is 0 Å². The SMILES string of the molecule is CN1C(=O)OCC1c1ccccc1. The molecule has 68 valence electrons. The first-order valence-electron chi connectivity index (χ1n) is 4.23. The van der Waals surface area contributed by atoms with Crippen LogP contribution < -0.4 is 0 Å². The summed E-state index contributed by atoms with van der Waals surface area (Å²) in [6, 6.07) is 9.97. The fourth-order valence-corrected chi connectivity index (χ4v) is 1.49. The number of carbonyl (C=O) groups excluding carboxylic acids is 1. The molecular formula is C10H11NO2. The molecule has 0 spiro atoms. The Balaban J connectivity index is 2.24. The van der Waals surface area contributed by atoms with Crippen LogP contribution >= 0.6 is 0 Å². The number of rotatable bonds is 1. The van der Waals surface area contributed by atoms with Crippen LogP contribution in [0.5, 0.6) is 0 Å². The Hall–Kier alpha value is -1.51. The van der Waals surface area contributed by atoms with E-state index < -0.39 is 0 Å². The number of carbonyl (C=O) groups is 1. The van der Waals surface area contributed by atoms with Crippen molar-refractivity contribution in [2.75, 3.05) is 13.7 Å². The van der Waals surface area contributed by atoms with E-state index in [1.807, 2.05) is 30.3 Å². The Morgan fingerprint density at radius 1 is 1.38 bits per heavy atom. The maximum Gasteiger partial charge on any atom is 0.410 e. The van der Waals surface area contributed by atoms with Gasteiger partial charge in [0.05, 0.1) is 6.04 Å². The zero-order valence-corrected chi connectivity index (χ0v) is 7.43. The van der Waals surface area contributed by atoms with Gasteiger partial charge < -0.3 is 9.64 Å². The van der Waals surface area contributed by atoms with Crippen LogP contribution in [0.25, 0.3) is 0 Å². The van der Waals surface area contributed by atoms with Crippen LogP contribution in [0.2, 0.25) is 0 Å². The summed E-state index contributed by atoms with van der Waals surface area (Å²) in [6.07, 6.45) is -0.242. The summed E-state index contributed by atoms with van der Waals surface area (Å²) < 4.78 is 4.92. The lowest BCUT2D eigenvalue weighted by molar-refractivity contribution is 0.163. The summed E-state index contributed by atoms with van der Waals surface area (Å²) in [5, 5.41) is 0. The van der Waals surface area contributed by atoms with Gasteiger partial charge in [0.2, 0.25) is 0 Å². The molecule has 1 amide bonds. The highest BCUT2D eigenvalue weighted by atomic mass is 16.6. The van der Waals surface area contributed by atoms with Crippen molar-refractivity contribution >= 4 is 6.09 Å². The summed E-state index contributed by atoms with van der Waals surface area (Å²) in [4.78, 5) is 12.7. The third-order valence-corrected chi connectivity index (χ3v) is 2.30. The molecule has 0 aliphatic carbocycles. The van der Waals surface area contributed by atoms with Crippen LogP contribution in [0, 0.1) is 0 Å². The molecule has 13 heavy (non-hydrogen) atoms. The number of nitrogens with zero attached hydrogens (tertiary/aromatic N) is 1. The number of benzene rings is 1. The van der Waals surface area contributed by atoms with Crippen LogP contribution in [0.1, 0.15) is 11.6 Å². The highest BCUT2D eigenvalue weighted by Crippen LogP contribution is 2.25. The summed E-state index contributed by atoms with van der Waals surface area (Å²) in [5.74, 6) is 0. The van der Waals surface area contributed by atoms with Crippen LogP contribution in [0.4, 0.5) is 4.79 Å². The quantitative estimate of drug-likeness (QED) is 0.654. The monoisotopic (exact) mass is 177 g/mol. The van der Waals surface area contributed by atoms with E-state index in [-0.39, 0.29) is 12.1 Å². The minimum atomic E-state index is -0.242. The van der Waals surface area contributed by atoms with Crippen molar-refractivity contribution in [1.29, 1.82) is 0 Å². The average molecular weight is 177 g/mol. The minimum absolute atomic E-state index is 0.0775. The number of hydrogen-bond acceptors (Lipinski definition) is 2. The molecule has 1 aromatic rings. The lowest BCUT2D eigenvalue weighted by Crippen LogP contribution is -2.22. The molecule has 1 aliphatic rings. The molecule has 0 bridgehead atoms. The third-order valence-electron chi connectivity index (χ3n) is 2.30. The predicted molar refractivity (Wildman–Crippen MR) is 48.3 cm³/mol. The van der Waals surface area contributed by atoms with Gasteiger partial charge in [-0.1, -0.05) is 30.3 Å². The molecule has 0 radical (unpaired) electrons. The lowest BCUT2D eigenvalue weighted by atomic mass is 10.1. The average Bonchev–Trinajstić information content (AvgIpc) is 2.49. The first kappa shape index (κ1) is 8.10. The standard InChI is InChI=1S/C10H11NO2/c1-11-9(7-13-10(11)12)8-5-3-2-4-6-8/h2-6,9H,7H2,1H3. The van der Waals surface area contributed by atoms with Gasteiger partial charge in [-0.2, -0.15) is 0 Å². The molecule has 1 saturated heterocycles. The Labute approximate surface area is 76.9 Å². The van der Waals surface area contributed by atoms with Crippen LogP contribution in [-0.4, -0.2) is 24.6 Å². The van der Waals surface area contributed by atoms with Crippen LogP contribution in [0.3, 0.4) is 0 Å². The van der Waals surface area contributed by atoms with E-state index >= 15 is 0 Å². The Morgan fingerprint density at radius 3 is 2.62 bits per heavy atom. The maximum absolute atomic E-state index is 11.1. The van der Waals surface area contributed by atoms with Crippen molar-refractivity contribution in [2.24, 2.45) is 0 Å². The Bertz CT molecular complexity index is 310. The topological polar surface area (TPSA) is 29.5 Å². The van der Waals surface area contributed by atoms with Crippen LogP contribution in [-0.2, 0) is 4.74 Å². The van der Waals surface area contributed by atoms with Crippen molar-refractivity contribution < 1.29 is 9.53 Å². The zero-order chi connectivity index (χ0) is 9.26. The molecule has 3 heteroatoms. The number of amides is 1. The first-order valence-corrected chi connectivity index (χ1v) is 4.23. The zero-order valence-electron chi connectivity index (χ0n) is 7.43. The van der Waals surface area contributed by atoms with Crippen molar-refractivity contribution in [3.05, 3.63) is 35.9 Å². The number of cyclic esters (lactones) is 1. The second kappa shape index (κ2) is 3.09. The van der Waals surface area contributed by atoms with Crippen molar-refractivity contribution in [1.82, 2.24) is 4.90 Å². The molecule has 0 N–H and O–H groups in total. The van der Waals surface area contributed by atoms with Gasteiger partial charge in [-0.3, -0.25) is 0 Å². The molecule has 1 aromatic carbocycles. The lowest BCUT2D eigenvalue weighted by Gasteiger charge is -2.15. The van der Waals surface area contributed by atoms with Gasteiger partial charge in [-0.15, -0.1) is 0 Å². The summed E-state index contributed by atoms with van der Waals surface area (Å²) in [6.45, 7) is 0.458. The summed E-state index contributed by atoms with van der Waals surface area (Å²) in [5.41, 5.74) is 1.12. The highest BCUT2D eigenvalue weighted by Gasteiger charge is 2.30. The molecule has 1 heterocycles. The van der Waals surface area contributed by atoms with E-state index in [1.54, 1.807) is 11.9 Å². The van der Waals surface area contributed by atoms with Gasteiger partial charge in [-0.05, 0) is 5.56 Å². The van der Waals surface area contributed by atoms with Gasteiger partial charge in [0, 0.05) is 7.05 Å². The van der Waals surface area contributed by atoms with E-state index in [0.717, 1.165) is 5.56 Å². The molecule has 1 fully saturated rings. The number of likely N-dealkylation sites (N-methyl/N-ethyl adjacent to an activating group) is 1. The van der Waals surface area contributed by atoms with E-state index in [2.05, 4.69) is 0 Å². The highest BCUT2D eigenvalue weighted by molar-refractivity contribution is 5.70. The number of hydrogen-bond donors (Lipinski definition) is 0. The Kier molecular flexibility index (Phi) is 1.93. The molecule has 1 atom stereocenters. The predicted octanol–water partition coefficient (Wildman–Crippen LogP) is 1.81. The van der Waals surface area contributed by atoms with Crippen molar-refractivity contribution in [3.63, 3.8) is 0 Å². The van der Waals surface area contributed by atoms with E-state index in [9.17, 15) is 4.79 Å². The first-order chi connectivity index (χ1) is 6.29. The smallest absolute Gasteiger partial charge is 0.410 e. The van der Waals surface area contributed by atoms with Gasteiger partial charge in [0.1, 0.15) is 6.61 Å². The van der Waals surface area contributed by atoms with E-state index in [4.69, 9.17) is 4.74 Å². The van der Waals surface area contributed by atoms with Gasteiger partial charge in [0.25, 0.3) is 0 Å². The molecule has 1 aliphatic heterocycles. The van der Waals surface area contributed by atoms with Gasteiger partial charge >= 0.3 is 6.09 Å². The van der Waals surface area contributed by atoms with Crippen molar-refractivity contribution in [3.8, 4) is 0 Å². The maximum atomic E-state index is 11.1. The largest absolute Gasteiger partial charge is 0.447 e. The molecule has 1 unspecified atom stereocenters. The number of ether oxygens (including phenoxy) is 1. The summed E-state index contributed by atoms with van der Waals surface area (Å²) in [7, 11) is 1.76. The van der Waals surface area contributed by atoms with E-state index in [1.165, 1.54) is 0 Å². The van der Waals surface area contributed by atoms with Crippen molar-refractivity contribution in [2.45, 2.75) is 6.04 Å². The third kappa shape index (κ3) is 1.37.